The fraction of sp³-hybridized carbons (Fsp3) is 0. The molecule has 4 heteroatoms. The van der Waals surface area contributed by atoms with E-state index in [1.165, 1.54) is 0 Å². The summed E-state index contributed by atoms with van der Waals surface area (Å²) in [6.45, 7) is 0. The van der Waals surface area contributed by atoms with Crippen LogP contribution in [0, 0.1) is 0 Å². The fourth-order valence-corrected chi connectivity index (χ4v) is 0.313. The van der Waals surface area contributed by atoms with Crippen LogP contribution in [0.3, 0.4) is 0 Å². The quantitative estimate of drug-likeness (QED) is 0.531. The van der Waals surface area contributed by atoms with Crippen molar-refractivity contribution in [2.24, 2.45) is 0 Å². The number of aromatic nitrogens is 1. The molecule has 0 aromatic carbocycles. The summed E-state index contributed by atoms with van der Waals surface area (Å²) in [5, 5.41) is 0.614. The van der Waals surface area contributed by atoms with E-state index in [1.807, 2.05) is 18.2 Å². The van der Waals surface area contributed by atoms with Gasteiger partial charge in [-0.15, -0.1) is 12.6 Å². The van der Waals surface area contributed by atoms with Gasteiger partial charge in [-0.3, -0.25) is 9.78 Å². The molecule has 1 heterocycles. The first-order valence-electron chi connectivity index (χ1n) is 2.80. The molecule has 1 aromatic heterocycles. The molecule has 1 aromatic rings. The molecule has 11 heavy (non-hydrogen) atoms. The Labute approximate surface area is 76.1 Å². The van der Waals surface area contributed by atoms with Crippen molar-refractivity contribution in [2.45, 2.75) is 0 Å². The number of carbonyl (C=O) groups excluding carboxylic acids is 1. The molecule has 0 radical (unpaired) electrons. The minimum absolute atomic E-state index is 0.361. The zero-order valence-corrected chi connectivity index (χ0v) is 7.39. The molecule has 0 bridgehead atoms. The molecular formula is C7H7NOS2. The second kappa shape index (κ2) is 7.37. The number of thiol groups is 1. The lowest BCUT2D eigenvalue weighted by atomic mass is 10.5. The molecule has 0 aliphatic rings. The van der Waals surface area contributed by atoms with E-state index in [4.69, 9.17) is 0 Å². The maximum Gasteiger partial charge on any atom is 0.219 e. The zero-order chi connectivity index (χ0) is 8.53. The Morgan fingerprint density at radius 3 is 1.91 bits per heavy atom. The molecule has 0 aliphatic carbocycles. The molecule has 0 aliphatic heterocycles. The molecule has 0 N–H and O–H groups in total. The minimum Gasteiger partial charge on any atom is -0.282 e. The number of carbonyl (C=O) groups is 1. The average Bonchev–Trinajstić information content (AvgIpc) is 2.09. The summed E-state index contributed by atoms with van der Waals surface area (Å²) in [5.41, 5.74) is 0. The molecular weight excluding hydrogens is 178 g/mol. The minimum atomic E-state index is -0.361. The van der Waals surface area contributed by atoms with Gasteiger partial charge in [0.15, 0.2) is 0 Å². The van der Waals surface area contributed by atoms with Crippen molar-refractivity contribution in [3.63, 3.8) is 0 Å². The molecule has 1 rings (SSSR count). The number of pyridine rings is 1. The number of thiocarbonyl (C=S) groups is 1. The van der Waals surface area contributed by atoms with Crippen LogP contribution >= 0.6 is 24.8 Å². The highest BCUT2D eigenvalue weighted by atomic mass is 32.1. The van der Waals surface area contributed by atoms with Gasteiger partial charge in [-0.2, -0.15) is 0 Å². The highest BCUT2D eigenvalue weighted by Crippen LogP contribution is 1.73. The lowest BCUT2D eigenvalue weighted by Gasteiger charge is -1.70. The molecule has 0 fully saturated rings. The molecule has 0 atom stereocenters. The van der Waals surface area contributed by atoms with Crippen LogP contribution in [-0.2, 0) is 4.79 Å². The van der Waals surface area contributed by atoms with Gasteiger partial charge >= 0.3 is 0 Å². The molecule has 0 spiro atoms. The lowest BCUT2D eigenvalue weighted by Crippen LogP contribution is -1.77. The first kappa shape index (κ1) is 10.3. The summed E-state index contributed by atoms with van der Waals surface area (Å²) in [7, 11) is 0. The van der Waals surface area contributed by atoms with Gasteiger partial charge in [-0.25, -0.2) is 0 Å². The number of nitrogens with zero attached hydrogens (tertiary/aromatic N) is 1. The van der Waals surface area contributed by atoms with Crippen molar-refractivity contribution in [3.05, 3.63) is 30.6 Å². The normalized spacial score (nSPS) is 7.36. The van der Waals surface area contributed by atoms with Crippen molar-refractivity contribution < 1.29 is 4.79 Å². The molecule has 0 unspecified atom stereocenters. The van der Waals surface area contributed by atoms with E-state index in [0.29, 0.717) is 0 Å². The van der Waals surface area contributed by atoms with E-state index in [9.17, 15) is 4.79 Å². The Balaban J connectivity index is 0.000000187. The second-order valence-electron chi connectivity index (χ2n) is 1.48. The summed E-state index contributed by atoms with van der Waals surface area (Å²) in [4.78, 5) is 13.3. The van der Waals surface area contributed by atoms with Gasteiger partial charge in [0.25, 0.3) is 0 Å². The van der Waals surface area contributed by atoms with Crippen molar-refractivity contribution >= 4 is 35.3 Å². The third-order valence-electron chi connectivity index (χ3n) is 0.667. The number of hydrogen-bond donors (Lipinski definition) is 1. The summed E-state index contributed by atoms with van der Waals surface area (Å²) in [5.74, 6) is 0. The zero-order valence-electron chi connectivity index (χ0n) is 5.68. The van der Waals surface area contributed by atoms with Crippen molar-refractivity contribution in [3.8, 4) is 0 Å². The average molecular weight is 185 g/mol. The third kappa shape index (κ3) is 9.26. The fourth-order valence-electron chi connectivity index (χ4n) is 0.313. The SMILES string of the molecule is O=C(S)C=S.c1ccncc1. The predicted molar refractivity (Wildman–Crippen MR) is 51.9 cm³/mol. The third-order valence-corrected chi connectivity index (χ3v) is 1.19. The van der Waals surface area contributed by atoms with Gasteiger partial charge < -0.3 is 0 Å². The Kier molecular flexibility index (Phi) is 6.87. The first-order chi connectivity index (χ1) is 5.27. The molecule has 0 saturated carbocycles. The van der Waals surface area contributed by atoms with E-state index in [2.05, 4.69) is 29.8 Å². The van der Waals surface area contributed by atoms with Gasteiger partial charge in [-0.1, -0.05) is 18.3 Å². The van der Waals surface area contributed by atoms with Gasteiger partial charge in [-0.05, 0) is 12.1 Å². The van der Waals surface area contributed by atoms with Crippen LogP contribution in [0.2, 0.25) is 0 Å². The van der Waals surface area contributed by atoms with E-state index in [0.717, 1.165) is 5.37 Å². The number of rotatable bonds is 1. The summed E-state index contributed by atoms with van der Waals surface area (Å²) < 4.78 is 0. The highest BCUT2D eigenvalue weighted by molar-refractivity contribution is 8.01. The summed E-state index contributed by atoms with van der Waals surface area (Å²) >= 11 is 7.42. The largest absolute Gasteiger partial charge is 0.282 e. The molecule has 0 saturated heterocycles. The van der Waals surface area contributed by atoms with Crippen LogP contribution in [0.4, 0.5) is 0 Å². The van der Waals surface area contributed by atoms with Gasteiger partial charge in [0.1, 0.15) is 0 Å². The van der Waals surface area contributed by atoms with E-state index < -0.39 is 0 Å². The predicted octanol–water partition coefficient (Wildman–Crippen LogP) is 1.52. The van der Waals surface area contributed by atoms with Crippen molar-refractivity contribution in [2.75, 3.05) is 0 Å². The van der Waals surface area contributed by atoms with E-state index in [-0.39, 0.29) is 5.12 Å². The smallest absolute Gasteiger partial charge is 0.219 e. The Bertz CT molecular complexity index is 186. The molecule has 0 amide bonds. The highest BCUT2D eigenvalue weighted by Gasteiger charge is 1.73. The standard InChI is InChI=1S/C5H5N.C2H2OS2/c1-2-4-6-5-3-1;3-2(5)1-4/h1-5H;1H,(H,3,5). The molecule has 58 valence electrons. The Hall–Kier alpha value is -0.740. The van der Waals surface area contributed by atoms with Crippen molar-refractivity contribution in [1.29, 1.82) is 0 Å². The summed E-state index contributed by atoms with van der Waals surface area (Å²) in [6.07, 6.45) is 3.50. The Morgan fingerprint density at radius 2 is 1.82 bits per heavy atom. The van der Waals surface area contributed by atoms with Crippen LogP contribution in [0.25, 0.3) is 0 Å². The van der Waals surface area contributed by atoms with Crippen LogP contribution in [0.15, 0.2) is 30.6 Å². The molecule has 2 nitrogen and oxygen atoms in total. The van der Waals surface area contributed by atoms with E-state index in [1.54, 1.807) is 12.4 Å². The Morgan fingerprint density at radius 1 is 1.36 bits per heavy atom. The maximum absolute atomic E-state index is 9.52. The van der Waals surface area contributed by atoms with Crippen LogP contribution in [0.1, 0.15) is 0 Å². The monoisotopic (exact) mass is 185 g/mol. The lowest BCUT2D eigenvalue weighted by molar-refractivity contribution is -0.104. The summed E-state index contributed by atoms with van der Waals surface area (Å²) in [6, 6.07) is 5.72. The van der Waals surface area contributed by atoms with Gasteiger partial charge in [0.2, 0.25) is 5.12 Å². The topological polar surface area (TPSA) is 30.0 Å². The van der Waals surface area contributed by atoms with Crippen LogP contribution in [0.5, 0.6) is 0 Å². The van der Waals surface area contributed by atoms with Crippen LogP contribution < -0.4 is 0 Å². The van der Waals surface area contributed by atoms with E-state index >= 15 is 0 Å². The van der Waals surface area contributed by atoms with Gasteiger partial charge in [0.05, 0.1) is 5.37 Å². The maximum atomic E-state index is 9.52. The number of hydrogen-bond acceptors (Lipinski definition) is 3. The van der Waals surface area contributed by atoms with Gasteiger partial charge in [0, 0.05) is 12.4 Å². The van der Waals surface area contributed by atoms with Crippen LogP contribution in [-0.4, -0.2) is 15.5 Å². The van der Waals surface area contributed by atoms with Crippen molar-refractivity contribution in [1.82, 2.24) is 4.98 Å². The first-order valence-corrected chi connectivity index (χ1v) is 3.72. The second-order valence-corrected chi connectivity index (χ2v) is 2.16.